The number of methoxy groups -OCH3 is 1. The zero-order chi connectivity index (χ0) is 16.0. The van der Waals surface area contributed by atoms with Gasteiger partial charge in [-0.1, -0.05) is 20.3 Å². The van der Waals surface area contributed by atoms with Crippen LogP contribution in [0.2, 0.25) is 0 Å². The second kappa shape index (κ2) is 7.75. The summed E-state index contributed by atoms with van der Waals surface area (Å²) in [6, 6.07) is -0.597. The summed E-state index contributed by atoms with van der Waals surface area (Å²) >= 11 is 0. The van der Waals surface area contributed by atoms with Crippen molar-refractivity contribution in [2.75, 3.05) is 26.7 Å². The maximum absolute atomic E-state index is 12.1. The number of aliphatic hydroxyl groups is 1. The molecule has 1 heterocycles. The Hall–Kier alpha value is -1.14. The molecule has 1 amide bonds. The van der Waals surface area contributed by atoms with Crippen LogP contribution < -0.4 is 5.32 Å². The van der Waals surface area contributed by atoms with Crippen LogP contribution in [0.5, 0.6) is 0 Å². The van der Waals surface area contributed by atoms with E-state index in [0.29, 0.717) is 25.9 Å². The minimum atomic E-state index is -0.627. The van der Waals surface area contributed by atoms with E-state index in [9.17, 15) is 14.7 Å². The Morgan fingerprint density at radius 1 is 1.38 bits per heavy atom. The Balaban J connectivity index is 2.49. The number of amides is 1. The Kier molecular flexibility index (Phi) is 6.61. The monoisotopic (exact) mass is 300 g/mol. The highest BCUT2D eigenvalue weighted by Gasteiger charge is 2.30. The third kappa shape index (κ3) is 5.63. The fourth-order valence-corrected chi connectivity index (χ4v) is 2.41. The molecule has 1 fully saturated rings. The quantitative estimate of drug-likeness (QED) is 0.700. The maximum atomic E-state index is 12.1. The van der Waals surface area contributed by atoms with Crippen LogP contribution in [0.1, 0.15) is 40.0 Å². The molecule has 122 valence electrons. The van der Waals surface area contributed by atoms with E-state index in [1.165, 1.54) is 7.11 Å². The second-order valence-corrected chi connectivity index (χ2v) is 6.23. The van der Waals surface area contributed by atoms with Gasteiger partial charge in [-0.05, 0) is 25.7 Å². The number of esters is 1. The van der Waals surface area contributed by atoms with Gasteiger partial charge in [0, 0.05) is 13.1 Å². The summed E-state index contributed by atoms with van der Waals surface area (Å²) in [5.74, 6) is -0.546. The molecule has 6 nitrogen and oxygen atoms in total. The van der Waals surface area contributed by atoms with Gasteiger partial charge in [-0.3, -0.25) is 9.69 Å². The van der Waals surface area contributed by atoms with Crippen LogP contribution in [0.25, 0.3) is 0 Å². The van der Waals surface area contributed by atoms with E-state index >= 15 is 0 Å². The summed E-state index contributed by atoms with van der Waals surface area (Å²) in [6.45, 7) is 7.33. The van der Waals surface area contributed by atoms with Gasteiger partial charge in [-0.25, -0.2) is 4.79 Å². The number of carbonyl (C=O) groups is 2. The zero-order valence-electron chi connectivity index (χ0n) is 13.5. The SMILES string of the molecule is CCC(C)C(NC(=O)CN1CCC(C)(O)CC1)C(=O)OC. The summed E-state index contributed by atoms with van der Waals surface area (Å²) in [6.07, 6.45) is 2.10. The third-order valence-electron chi connectivity index (χ3n) is 4.29. The fraction of sp³-hybridized carbons (Fsp3) is 0.867. The molecule has 0 aliphatic carbocycles. The van der Waals surface area contributed by atoms with Crippen LogP contribution in [0.15, 0.2) is 0 Å². The summed E-state index contributed by atoms with van der Waals surface area (Å²) in [5, 5.41) is 12.7. The van der Waals surface area contributed by atoms with Crippen molar-refractivity contribution in [2.45, 2.75) is 51.7 Å². The van der Waals surface area contributed by atoms with Gasteiger partial charge in [0.1, 0.15) is 6.04 Å². The van der Waals surface area contributed by atoms with Crippen molar-refractivity contribution < 1.29 is 19.4 Å². The van der Waals surface area contributed by atoms with Crippen molar-refractivity contribution in [3.63, 3.8) is 0 Å². The molecule has 1 rings (SSSR count). The predicted molar refractivity (Wildman–Crippen MR) is 79.7 cm³/mol. The van der Waals surface area contributed by atoms with Gasteiger partial charge >= 0.3 is 5.97 Å². The number of likely N-dealkylation sites (tertiary alicyclic amines) is 1. The van der Waals surface area contributed by atoms with Gasteiger partial charge in [0.15, 0.2) is 0 Å². The molecule has 0 aromatic carbocycles. The van der Waals surface area contributed by atoms with Crippen LogP contribution in [-0.4, -0.2) is 60.3 Å². The molecule has 0 saturated carbocycles. The van der Waals surface area contributed by atoms with Crippen molar-refractivity contribution in [1.29, 1.82) is 0 Å². The number of carbonyl (C=O) groups excluding carboxylic acids is 2. The molecule has 0 bridgehead atoms. The van der Waals surface area contributed by atoms with Gasteiger partial charge in [0.25, 0.3) is 0 Å². The largest absolute Gasteiger partial charge is 0.467 e. The van der Waals surface area contributed by atoms with E-state index in [1.54, 1.807) is 0 Å². The maximum Gasteiger partial charge on any atom is 0.328 e. The van der Waals surface area contributed by atoms with Gasteiger partial charge in [-0.15, -0.1) is 0 Å². The highest BCUT2D eigenvalue weighted by atomic mass is 16.5. The van der Waals surface area contributed by atoms with E-state index in [-0.39, 0.29) is 18.4 Å². The lowest BCUT2D eigenvalue weighted by Crippen LogP contribution is -2.51. The lowest BCUT2D eigenvalue weighted by atomic mass is 9.94. The minimum absolute atomic E-state index is 0.0310. The Morgan fingerprint density at radius 3 is 2.43 bits per heavy atom. The lowest BCUT2D eigenvalue weighted by Gasteiger charge is -2.35. The van der Waals surface area contributed by atoms with E-state index in [2.05, 4.69) is 5.32 Å². The number of hydrogen-bond acceptors (Lipinski definition) is 5. The molecule has 0 aromatic rings. The normalized spacial score (nSPS) is 21.4. The molecule has 2 N–H and O–H groups in total. The Morgan fingerprint density at radius 2 is 1.95 bits per heavy atom. The highest BCUT2D eigenvalue weighted by molar-refractivity contribution is 5.85. The summed E-state index contributed by atoms with van der Waals surface area (Å²) in [7, 11) is 1.33. The van der Waals surface area contributed by atoms with Crippen LogP contribution in [0.3, 0.4) is 0 Å². The first kappa shape index (κ1) is 17.9. The van der Waals surface area contributed by atoms with E-state index < -0.39 is 17.6 Å². The average Bonchev–Trinajstić information content (AvgIpc) is 2.45. The molecule has 0 aromatic heterocycles. The third-order valence-corrected chi connectivity index (χ3v) is 4.29. The van der Waals surface area contributed by atoms with E-state index in [0.717, 1.165) is 6.42 Å². The second-order valence-electron chi connectivity index (χ2n) is 6.23. The Labute approximate surface area is 126 Å². The molecule has 0 radical (unpaired) electrons. The first-order valence-electron chi connectivity index (χ1n) is 7.61. The number of rotatable bonds is 6. The standard InChI is InChI=1S/C15H28N2O4/c1-5-11(2)13(14(19)21-4)16-12(18)10-17-8-6-15(3,20)7-9-17/h11,13,20H,5-10H2,1-4H3,(H,16,18). The van der Waals surface area contributed by atoms with Crippen LogP contribution >= 0.6 is 0 Å². The molecule has 6 heteroatoms. The topological polar surface area (TPSA) is 78.9 Å². The molecule has 1 aliphatic rings. The zero-order valence-corrected chi connectivity index (χ0v) is 13.5. The van der Waals surface area contributed by atoms with Crippen molar-refractivity contribution in [1.82, 2.24) is 10.2 Å². The van der Waals surface area contributed by atoms with E-state index in [1.807, 2.05) is 25.7 Å². The molecule has 21 heavy (non-hydrogen) atoms. The average molecular weight is 300 g/mol. The van der Waals surface area contributed by atoms with Gasteiger partial charge < -0.3 is 15.2 Å². The number of ether oxygens (including phenoxy) is 1. The summed E-state index contributed by atoms with van der Waals surface area (Å²) < 4.78 is 4.75. The molecule has 1 saturated heterocycles. The summed E-state index contributed by atoms with van der Waals surface area (Å²) in [4.78, 5) is 25.8. The predicted octanol–water partition coefficient (Wildman–Crippen LogP) is 0.537. The van der Waals surface area contributed by atoms with Gasteiger partial charge in [-0.2, -0.15) is 0 Å². The minimum Gasteiger partial charge on any atom is -0.467 e. The fourth-order valence-electron chi connectivity index (χ4n) is 2.41. The molecule has 0 spiro atoms. The van der Waals surface area contributed by atoms with Crippen LogP contribution in [0.4, 0.5) is 0 Å². The molecular weight excluding hydrogens is 272 g/mol. The van der Waals surface area contributed by atoms with Crippen molar-refractivity contribution >= 4 is 11.9 Å². The molecule has 1 aliphatic heterocycles. The molecule has 2 unspecified atom stereocenters. The molecular formula is C15H28N2O4. The van der Waals surface area contributed by atoms with Crippen molar-refractivity contribution in [3.05, 3.63) is 0 Å². The lowest BCUT2D eigenvalue weighted by molar-refractivity contribution is -0.146. The summed E-state index contributed by atoms with van der Waals surface area (Å²) in [5.41, 5.74) is -0.627. The number of nitrogens with zero attached hydrogens (tertiary/aromatic N) is 1. The Bertz CT molecular complexity index is 361. The van der Waals surface area contributed by atoms with E-state index in [4.69, 9.17) is 4.74 Å². The first-order valence-corrected chi connectivity index (χ1v) is 7.61. The van der Waals surface area contributed by atoms with Crippen molar-refractivity contribution in [3.8, 4) is 0 Å². The highest BCUT2D eigenvalue weighted by Crippen LogP contribution is 2.20. The number of hydrogen-bond donors (Lipinski definition) is 2. The number of nitrogens with one attached hydrogen (secondary N) is 1. The van der Waals surface area contributed by atoms with Gasteiger partial charge in [0.05, 0.1) is 19.3 Å². The van der Waals surface area contributed by atoms with Crippen LogP contribution in [0, 0.1) is 5.92 Å². The molecule has 2 atom stereocenters. The van der Waals surface area contributed by atoms with Gasteiger partial charge in [0.2, 0.25) is 5.91 Å². The number of piperidine rings is 1. The van der Waals surface area contributed by atoms with Crippen molar-refractivity contribution in [2.24, 2.45) is 5.92 Å². The smallest absolute Gasteiger partial charge is 0.328 e. The first-order chi connectivity index (χ1) is 9.79. The van der Waals surface area contributed by atoms with Crippen LogP contribution in [-0.2, 0) is 14.3 Å².